The molecule has 2 rings (SSSR count). The van der Waals surface area contributed by atoms with Crippen LogP contribution in [0.1, 0.15) is 28.9 Å². The Kier molecular flexibility index (Phi) is 4.88. The molecule has 1 unspecified atom stereocenters. The molecule has 0 saturated heterocycles. The van der Waals surface area contributed by atoms with Crippen LogP contribution in [0.3, 0.4) is 0 Å². The largest absolute Gasteiger partial charge is 0.507 e. The molecule has 0 heterocycles. The van der Waals surface area contributed by atoms with Gasteiger partial charge in [0.05, 0.1) is 9.61 Å². The summed E-state index contributed by atoms with van der Waals surface area (Å²) in [5.74, 6) is -0.127. The average Bonchev–Trinajstić information content (AvgIpc) is 2.41. The van der Waals surface area contributed by atoms with E-state index in [4.69, 9.17) is 11.6 Å². The Morgan fingerprint density at radius 3 is 2.70 bits per heavy atom. The number of hydrogen-bond donors (Lipinski definition) is 2. The fourth-order valence-electron chi connectivity index (χ4n) is 1.79. The smallest absolute Gasteiger partial charge is 0.251 e. The number of carbonyl (C=O) groups is 1. The second-order valence-electron chi connectivity index (χ2n) is 4.42. The molecular weight excluding hydrogens is 389 g/mol. The van der Waals surface area contributed by atoms with Crippen LogP contribution in [0.4, 0.5) is 0 Å². The predicted octanol–water partition coefficient (Wildman–Crippen LogP) is 4.14. The Morgan fingerprint density at radius 2 is 2.05 bits per heavy atom. The van der Waals surface area contributed by atoms with Crippen molar-refractivity contribution >= 4 is 40.1 Å². The van der Waals surface area contributed by atoms with Crippen molar-refractivity contribution in [1.29, 1.82) is 0 Å². The van der Waals surface area contributed by atoms with Crippen LogP contribution in [0, 0.1) is 3.57 Å². The maximum absolute atomic E-state index is 12.1. The van der Waals surface area contributed by atoms with Gasteiger partial charge < -0.3 is 10.4 Å². The number of benzene rings is 2. The average molecular weight is 402 g/mol. The topological polar surface area (TPSA) is 49.3 Å². The lowest BCUT2D eigenvalue weighted by atomic mass is 10.1. The normalized spacial score (nSPS) is 11.9. The summed E-state index contributed by atoms with van der Waals surface area (Å²) in [6, 6.07) is 12.0. The van der Waals surface area contributed by atoms with E-state index in [0.717, 1.165) is 5.56 Å². The van der Waals surface area contributed by atoms with E-state index < -0.39 is 0 Å². The van der Waals surface area contributed by atoms with Gasteiger partial charge in [0, 0.05) is 10.6 Å². The molecule has 0 aromatic heterocycles. The van der Waals surface area contributed by atoms with Crippen LogP contribution >= 0.6 is 34.2 Å². The standard InChI is InChI=1S/C15H13ClINO2/c1-9(10-3-2-4-12(16)7-10)18-15(20)11-5-6-13(17)14(19)8-11/h2-9,19H,1H3,(H,18,20). The fraction of sp³-hybridized carbons (Fsp3) is 0.133. The third-order valence-corrected chi connectivity index (χ3v) is 4.05. The number of nitrogens with one attached hydrogen (secondary N) is 1. The van der Waals surface area contributed by atoms with Crippen LogP contribution in [0.25, 0.3) is 0 Å². The summed E-state index contributed by atoms with van der Waals surface area (Å²) in [6.07, 6.45) is 0. The lowest BCUT2D eigenvalue weighted by Crippen LogP contribution is -2.26. The summed E-state index contributed by atoms with van der Waals surface area (Å²) in [4.78, 5) is 12.1. The van der Waals surface area contributed by atoms with Gasteiger partial charge >= 0.3 is 0 Å². The van der Waals surface area contributed by atoms with Gasteiger partial charge in [0.25, 0.3) is 5.91 Å². The monoisotopic (exact) mass is 401 g/mol. The van der Waals surface area contributed by atoms with Gasteiger partial charge in [-0.2, -0.15) is 0 Å². The number of carbonyl (C=O) groups excluding carboxylic acids is 1. The molecule has 1 amide bonds. The number of halogens is 2. The van der Waals surface area contributed by atoms with Crippen LogP contribution < -0.4 is 5.32 Å². The number of rotatable bonds is 3. The molecule has 0 aliphatic carbocycles. The zero-order chi connectivity index (χ0) is 14.7. The van der Waals surface area contributed by atoms with Crippen molar-refractivity contribution in [3.05, 3.63) is 62.2 Å². The van der Waals surface area contributed by atoms with Gasteiger partial charge in [0.15, 0.2) is 0 Å². The molecule has 2 N–H and O–H groups in total. The highest BCUT2D eigenvalue weighted by atomic mass is 127. The second kappa shape index (κ2) is 6.45. The molecule has 0 aliphatic heterocycles. The van der Waals surface area contributed by atoms with E-state index in [-0.39, 0.29) is 17.7 Å². The Balaban J connectivity index is 2.13. The maximum atomic E-state index is 12.1. The van der Waals surface area contributed by atoms with Gasteiger partial charge in [-0.25, -0.2) is 0 Å². The lowest BCUT2D eigenvalue weighted by molar-refractivity contribution is 0.0939. The quantitative estimate of drug-likeness (QED) is 0.760. The van der Waals surface area contributed by atoms with Crippen molar-refractivity contribution in [3.63, 3.8) is 0 Å². The minimum absolute atomic E-state index is 0.105. The summed E-state index contributed by atoms with van der Waals surface area (Å²) in [5.41, 5.74) is 1.36. The van der Waals surface area contributed by atoms with E-state index >= 15 is 0 Å². The highest BCUT2D eigenvalue weighted by Gasteiger charge is 2.13. The molecule has 2 aromatic rings. The van der Waals surface area contributed by atoms with Crippen LogP contribution in [-0.2, 0) is 0 Å². The van der Waals surface area contributed by atoms with Crippen molar-refractivity contribution < 1.29 is 9.90 Å². The highest BCUT2D eigenvalue weighted by Crippen LogP contribution is 2.22. The number of amides is 1. The summed E-state index contributed by atoms with van der Waals surface area (Å²) in [7, 11) is 0. The summed E-state index contributed by atoms with van der Waals surface area (Å²) >= 11 is 7.94. The molecule has 0 spiro atoms. The zero-order valence-electron chi connectivity index (χ0n) is 10.7. The molecule has 3 nitrogen and oxygen atoms in total. The van der Waals surface area contributed by atoms with Crippen molar-refractivity contribution in [2.24, 2.45) is 0 Å². The molecule has 0 fully saturated rings. The molecule has 0 bridgehead atoms. The first-order chi connectivity index (χ1) is 9.47. The van der Waals surface area contributed by atoms with Crippen LogP contribution in [0.2, 0.25) is 5.02 Å². The Hall–Kier alpha value is -1.27. The third kappa shape index (κ3) is 3.64. The van der Waals surface area contributed by atoms with Crippen LogP contribution in [0.15, 0.2) is 42.5 Å². The number of phenols is 1. The summed E-state index contributed by atoms with van der Waals surface area (Å²) in [5, 5.41) is 13.1. The van der Waals surface area contributed by atoms with Gasteiger partial charge in [-0.3, -0.25) is 4.79 Å². The Morgan fingerprint density at radius 1 is 1.30 bits per heavy atom. The lowest BCUT2D eigenvalue weighted by Gasteiger charge is -2.15. The van der Waals surface area contributed by atoms with Crippen LogP contribution in [-0.4, -0.2) is 11.0 Å². The molecule has 0 aliphatic rings. The van der Waals surface area contributed by atoms with Gasteiger partial charge in [0.2, 0.25) is 0 Å². The van der Waals surface area contributed by atoms with Crippen molar-refractivity contribution in [3.8, 4) is 5.75 Å². The molecule has 5 heteroatoms. The molecular formula is C15H13ClINO2. The second-order valence-corrected chi connectivity index (χ2v) is 6.01. The van der Waals surface area contributed by atoms with Crippen molar-refractivity contribution in [2.45, 2.75) is 13.0 Å². The fourth-order valence-corrected chi connectivity index (χ4v) is 2.33. The van der Waals surface area contributed by atoms with E-state index in [1.54, 1.807) is 18.2 Å². The number of hydrogen-bond acceptors (Lipinski definition) is 2. The first-order valence-electron chi connectivity index (χ1n) is 6.02. The Bertz CT molecular complexity index is 646. The van der Waals surface area contributed by atoms with E-state index in [2.05, 4.69) is 5.32 Å². The van der Waals surface area contributed by atoms with Gasteiger partial charge in [-0.1, -0.05) is 23.7 Å². The minimum atomic E-state index is -0.232. The van der Waals surface area contributed by atoms with E-state index in [1.807, 2.05) is 47.7 Å². The van der Waals surface area contributed by atoms with Gasteiger partial charge in [0.1, 0.15) is 5.75 Å². The summed E-state index contributed by atoms with van der Waals surface area (Å²) < 4.78 is 0.710. The zero-order valence-corrected chi connectivity index (χ0v) is 13.6. The first kappa shape index (κ1) is 15.1. The highest BCUT2D eigenvalue weighted by molar-refractivity contribution is 14.1. The van der Waals surface area contributed by atoms with Crippen molar-refractivity contribution in [2.75, 3.05) is 0 Å². The van der Waals surface area contributed by atoms with E-state index in [1.165, 1.54) is 6.07 Å². The van der Waals surface area contributed by atoms with Gasteiger partial charge in [-0.15, -0.1) is 0 Å². The van der Waals surface area contributed by atoms with Gasteiger partial charge in [-0.05, 0) is 65.4 Å². The van der Waals surface area contributed by atoms with E-state index in [9.17, 15) is 9.90 Å². The predicted molar refractivity (Wildman–Crippen MR) is 88.2 cm³/mol. The van der Waals surface area contributed by atoms with Crippen molar-refractivity contribution in [1.82, 2.24) is 5.32 Å². The number of aromatic hydroxyl groups is 1. The maximum Gasteiger partial charge on any atom is 0.251 e. The third-order valence-electron chi connectivity index (χ3n) is 2.90. The number of phenolic OH excluding ortho intramolecular Hbond substituents is 1. The molecule has 0 saturated carbocycles. The Labute approximate surface area is 136 Å². The summed E-state index contributed by atoms with van der Waals surface area (Å²) in [6.45, 7) is 1.89. The molecule has 1 atom stereocenters. The molecule has 104 valence electrons. The first-order valence-corrected chi connectivity index (χ1v) is 7.48. The molecule has 0 radical (unpaired) electrons. The SMILES string of the molecule is CC(NC(=O)c1ccc(I)c(O)c1)c1cccc(Cl)c1. The molecule has 2 aromatic carbocycles. The van der Waals surface area contributed by atoms with E-state index in [0.29, 0.717) is 14.2 Å². The molecule has 20 heavy (non-hydrogen) atoms. The van der Waals surface area contributed by atoms with Crippen LogP contribution in [0.5, 0.6) is 5.75 Å². The minimum Gasteiger partial charge on any atom is -0.507 e.